The molecule has 1 rings (SSSR count). The fourth-order valence-electron chi connectivity index (χ4n) is 0.961. The highest BCUT2D eigenvalue weighted by Crippen LogP contribution is 2.32. The summed E-state index contributed by atoms with van der Waals surface area (Å²) in [6.07, 6.45) is -0.400. The van der Waals surface area contributed by atoms with Crippen molar-refractivity contribution < 1.29 is 5.11 Å². The molecule has 1 aromatic rings. The molecule has 0 fully saturated rings. The molecule has 4 heteroatoms. The summed E-state index contributed by atoms with van der Waals surface area (Å²) in [5, 5.41) is 14.6. The van der Waals surface area contributed by atoms with Gasteiger partial charge in [-0.05, 0) is 40.8 Å². The van der Waals surface area contributed by atoms with Gasteiger partial charge in [-0.1, -0.05) is 0 Å². The van der Waals surface area contributed by atoms with Crippen molar-refractivity contribution in [2.24, 2.45) is 0 Å². The maximum absolute atomic E-state index is 9.63. The first kappa shape index (κ1) is 10.2. The Morgan fingerprint density at radius 1 is 1.75 bits per heavy atom. The first-order chi connectivity index (χ1) is 5.66. The van der Waals surface area contributed by atoms with Crippen LogP contribution in [0.1, 0.15) is 16.5 Å². The van der Waals surface area contributed by atoms with Crippen LogP contribution >= 0.6 is 27.3 Å². The Morgan fingerprint density at radius 3 is 2.83 bits per heavy atom. The van der Waals surface area contributed by atoms with Gasteiger partial charge in [0.15, 0.2) is 0 Å². The van der Waals surface area contributed by atoms with Crippen molar-refractivity contribution in [3.05, 3.63) is 20.3 Å². The molecule has 0 bridgehead atoms. The van der Waals surface area contributed by atoms with E-state index in [4.69, 9.17) is 0 Å². The number of hydrogen-bond donors (Lipinski definition) is 2. The van der Waals surface area contributed by atoms with Gasteiger partial charge in [0.2, 0.25) is 0 Å². The number of likely N-dealkylation sites (N-methyl/N-ethyl adjacent to an activating group) is 1. The quantitative estimate of drug-likeness (QED) is 0.860. The van der Waals surface area contributed by atoms with Crippen LogP contribution in [0.15, 0.2) is 9.85 Å². The number of aliphatic hydroxyl groups is 1. The third-order valence-electron chi connectivity index (χ3n) is 1.63. The number of hydrogen-bond acceptors (Lipinski definition) is 3. The normalized spacial score (nSPS) is 13.3. The highest BCUT2D eigenvalue weighted by atomic mass is 79.9. The molecule has 12 heavy (non-hydrogen) atoms. The first-order valence-electron chi connectivity index (χ1n) is 3.73. The predicted octanol–water partition coefficient (Wildman–Crippen LogP) is 2.07. The van der Waals surface area contributed by atoms with Gasteiger partial charge >= 0.3 is 0 Å². The third-order valence-corrected chi connectivity index (χ3v) is 4.14. The Hall–Kier alpha value is 0.100. The van der Waals surface area contributed by atoms with Gasteiger partial charge in [-0.2, -0.15) is 0 Å². The number of aliphatic hydroxyl groups excluding tert-OH is 1. The standard InChI is InChI=1S/C8H12BrNOS/c1-5-4-12-8(7(5)9)6(11)3-10-2/h4,6,10-11H,3H2,1-2H3. The molecule has 0 spiro atoms. The van der Waals surface area contributed by atoms with Gasteiger partial charge in [0, 0.05) is 15.9 Å². The molecule has 68 valence electrons. The maximum atomic E-state index is 9.63. The fourth-order valence-corrected chi connectivity index (χ4v) is 2.70. The molecule has 1 atom stereocenters. The van der Waals surface area contributed by atoms with Gasteiger partial charge in [0.25, 0.3) is 0 Å². The van der Waals surface area contributed by atoms with Gasteiger partial charge in [0.05, 0.1) is 0 Å². The van der Waals surface area contributed by atoms with E-state index >= 15 is 0 Å². The van der Waals surface area contributed by atoms with E-state index in [-0.39, 0.29) is 0 Å². The molecular formula is C8H12BrNOS. The molecule has 2 N–H and O–H groups in total. The summed E-state index contributed by atoms with van der Waals surface area (Å²) in [5.74, 6) is 0. The summed E-state index contributed by atoms with van der Waals surface area (Å²) in [6.45, 7) is 2.62. The monoisotopic (exact) mass is 249 g/mol. The maximum Gasteiger partial charge on any atom is 0.102 e. The van der Waals surface area contributed by atoms with Crippen LogP contribution < -0.4 is 5.32 Å². The lowest BCUT2D eigenvalue weighted by Gasteiger charge is -2.07. The summed E-state index contributed by atoms with van der Waals surface area (Å²) >= 11 is 5.03. The van der Waals surface area contributed by atoms with Crippen LogP contribution in [0.4, 0.5) is 0 Å². The molecule has 0 saturated heterocycles. The van der Waals surface area contributed by atoms with Crippen molar-refractivity contribution in [1.82, 2.24) is 5.32 Å². The first-order valence-corrected chi connectivity index (χ1v) is 5.40. The van der Waals surface area contributed by atoms with E-state index in [1.54, 1.807) is 11.3 Å². The van der Waals surface area contributed by atoms with E-state index in [0.717, 1.165) is 9.35 Å². The van der Waals surface area contributed by atoms with E-state index < -0.39 is 6.10 Å². The summed E-state index contributed by atoms with van der Waals surface area (Å²) in [5.41, 5.74) is 1.19. The minimum atomic E-state index is -0.400. The minimum absolute atomic E-state index is 0.400. The predicted molar refractivity (Wildman–Crippen MR) is 55.6 cm³/mol. The zero-order chi connectivity index (χ0) is 9.14. The molecule has 0 amide bonds. The average Bonchev–Trinajstić information content (AvgIpc) is 2.34. The molecule has 1 unspecified atom stereocenters. The molecular weight excluding hydrogens is 238 g/mol. The van der Waals surface area contributed by atoms with Crippen molar-refractivity contribution in [3.8, 4) is 0 Å². The van der Waals surface area contributed by atoms with Crippen LogP contribution in [0.2, 0.25) is 0 Å². The van der Waals surface area contributed by atoms with Gasteiger partial charge in [0.1, 0.15) is 6.10 Å². The molecule has 0 saturated carbocycles. The van der Waals surface area contributed by atoms with Gasteiger partial charge in [-0.3, -0.25) is 0 Å². The number of nitrogens with one attached hydrogen (secondary N) is 1. The average molecular weight is 250 g/mol. The van der Waals surface area contributed by atoms with E-state index in [1.807, 2.05) is 19.4 Å². The SMILES string of the molecule is CNCC(O)c1scc(C)c1Br. The van der Waals surface area contributed by atoms with E-state index in [2.05, 4.69) is 21.2 Å². The second kappa shape index (κ2) is 4.37. The molecule has 1 heterocycles. The smallest absolute Gasteiger partial charge is 0.102 e. The number of rotatable bonds is 3. The number of thiophene rings is 1. The van der Waals surface area contributed by atoms with Gasteiger partial charge < -0.3 is 10.4 Å². The van der Waals surface area contributed by atoms with Crippen molar-refractivity contribution in [2.45, 2.75) is 13.0 Å². The van der Waals surface area contributed by atoms with Crippen LogP contribution in [-0.2, 0) is 0 Å². The van der Waals surface area contributed by atoms with Gasteiger partial charge in [-0.15, -0.1) is 11.3 Å². The van der Waals surface area contributed by atoms with E-state index in [0.29, 0.717) is 6.54 Å². The molecule has 0 aliphatic carbocycles. The summed E-state index contributed by atoms with van der Waals surface area (Å²) in [7, 11) is 1.83. The summed E-state index contributed by atoms with van der Waals surface area (Å²) in [6, 6.07) is 0. The fraction of sp³-hybridized carbons (Fsp3) is 0.500. The van der Waals surface area contributed by atoms with E-state index in [1.165, 1.54) is 5.56 Å². The topological polar surface area (TPSA) is 32.3 Å². The third kappa shape index (κ3) is 2.07. The minimum Gasteiger partial charge on any atom is -0.386 e. The lowest BCUT2D eigenvalue weighted by atomic mass is 10.2. The van der Waals surface area contributed by atoms with E-state index in [9.17, 15) is 5.11 Å². The molecule has 1 aromatic heterocycles. The second-order valence-corrected chi connectivity index (χ2v) is 4.37. The highest BCUT2D eigenvalue weighted by Gasteiger charge is 2.13. The number of halogens is 1. The van der Waals surface area contributed by atoms with Crippen LogP contribution in [0.5, 0.6) is 0 Å². The zero-order valence-corrected chi connectivity index (χ0v) is 9.50. The Kier molecular flexibility index (Phi) is 3.71. The Bertz CT molecular complexity index is 262. The van der Waals surface area contributed by atoms with Crippen molar-refractivity contribution in [2.75, 3.05) is 13.6 Å². The van der Waals surface area contributed by atoms with Crippen LogP contribution in [0.25, 0.3) is 0 Å². The summed E-state index contributed by atoms with van der Waals surface area (Å²) < 4.78 is 1.04. The zero-order valence-electron chi connectivity index (χ0n) is 7.10. The molecule has 2 nitrogen and oxygen atoms in total. The lowest BCUT2D eigenvalue weighted by Crippen LogP contribution is -2.16. The molecule has 0 aromatic carbocycles. The Morgan fingerprint density at radius 2 is 2.42 bits per heavy atom. The molecule has 0 radical (unpaired) electrons. The summed E-state index contributed by atoms with van der Waals surface area (Å²) in [4.78, 5) is 1.00. The Balaban J connectivity index is 2.80. The Labute approximate surface area is 84.7 Å². The molecule has 0 aliphatic heterocycles. The van der Waals surface area contributed by atoms with Crippen LogP contribution in [0.3, 0.4) is 0 Å². The van der Waals surface area contributed by atoms with Crippen LogP contribution in [0, 0.1) is 6.92 Å². The highest BCUT2D eigenvalue weighted by molar-refractivity contribution is 9.10. The van der Waals surface area contributed by atoms with Crippen molar-refractivity contribution in [1.29, 1.82) is 0 Å². The largest absolute Gasteiger partial charge is 0.386 e. The van der Waals surface area contributed by atoms with Gasteiger partial charge in [-0.25, -0.2) is 0 Å². The van der Waals surface area contributed by atoms with Crippen molar-refractivity contribution >= 4 is 27.3 Å². The molecule has 0 aliphatic rings. The number of aryl methyl sites for hydroxylation is 1. The lowest BCUT2D eigenvalue weighted by molar-refractivity contribution is 0.181. The van der Waals surface area contributed by atoms with Crippen LogP contribution in [-0.4, -0.2) is 18.7 Å². The second-order valence-electron chi connectivity index (χ2n) is 2.67. The van der Waals surface area contributed by atoms with Crippen molar-refractivity contribution in [3.63, 3.8) is 0 Å².